The predicted molar refractivity (Wildman–Crippen MR) is 129 cm³/mol. The van der Waals surface area contributed by atoms with Crippen LogP contribution in [0.3, 0.4) is 0 Å². The van der Waals surface area contributed by atoms with Gasteiger partial charge in [-0.2, -0.15) is 0 Å². The number of ether oxygens (including phenoxy) is 4. The summed E-state index contributed by atoms with van der Waals surface area (Å²) in [5.74, 6) is 1.81. The highest BCUT2D eigenvalue weighted by atomic mass is 16.5. The van der Waals surface area contributed by atoms with Crippen LogP contribution in [0.2, 0.25) is 0 Å². The van der Waals surface area contributed by atoms with Gasteiger partial charge < -0.3 is 23.4 Å². The molecule has 182 valence electrons. The van der Waals surface area contributed by atoms with E-state index in [0.29, 0.717) is 12.9 Å². The van der Waals surface area contributed by atoms with Gasteiger partial charge in [0.05, 0.1) is 48.1 Å². The minimum atomic E-state index is -0.495. The highest BCUT2D eigenvalue weighted by Gasteiger charge is 2.39. The number of hydrogen-bond acceptors (Lipinski definition) is 6. The molecule has 1 heterocycles. The normalized spacial score (nSPS) is 19.4. The van der Waals surface area contributed by atoms with Crippen molar-refractivity contribution in [2.75, 3.05) is 48.1 Å². The average Bonchev–Trinajstić information content (AvgIpc) is 2.86. The van der Waals surface area contributed by atoms with Crippen molar-refractivity contribution in [1.29, 1.82) is 0 Å². The molecule has 0 saturated heterocycles. The molecule has 2 aromatic rings. The first-order valence-corrected chi connectivity index (χ1v) is 11.4. The Labute approximate surface area is 201 Å². The first kappa shape index (κ1) is 25.3. The van der Waals surface area contributed by atoms with E-state index in [2.05, 4.69) is 31.3 Å². The van der Waals surface area contributed by atoms with E-state index in [1.54, 1.807) is 21.3 Å². The summed E-state index contributed by atoms with van der Waals surface area (Å²) in [4.78, 5) is 22.1. The van der Waals surface area contributed by atoms with Crippen molar-refractivity contribution in [3.05, 3.63) is 65.2 Å². The van der Waals surface area contributed by atoms with E-state index in [-0.39, 0.29) is 6.04 Å². The Morgan fingerprint density at radius 1 is 1.06 bits per heavy atom. The number of carbonyl (C=O) groups is 2. The molecule has 7 nitrogen and oxygen atoms in total. The summed E-state index contributed by atoms with van der Waals surface area (Å²) in [6.07, 6.45) is 5.35. The number of quaternary nitrogens is 1. The third kappa shape index (κ3) is 5.97. The summed E-state index contributed by atoms with van der Waals surface area (Å²) in [5, 5.41) is 0. The molecule has 1 aliphatic rings. The smallest absolute Gasteiger partial charge is 0.330 e. The first-order valence-electron chi connectivity index (χ1n) is 11.4. The zero-order valence-corrected chi connectivity index (χ0v) is 20.4. The fourth-order valence-electron chi connectivity index (χ4n) is 4.68. The van der Waals surface area contributed by atoms with Gasteiger partial charge in [0.25, 0.3) is 0 Å². The SMILES string of the molecule is COc1ccc(CC2c3cc(OC)c(OC)cc3CC[N+]2(C)CCCOC(=O)/C=C\C=O)cc1. The van der Waals surface area contributed by atoms with Crippen molar-refractivity contribution in [1.82, 2.24) is 0 Å². The number of fused-ring (bicyclic) bond motifs is 1. The Kier molecular flexibility index (Phi) is 8.71. The molecule has 7 heteroatoms. The molecular formula is C27H34NO6+. The van der Waals surface area contributed by atoms with Crippen molar-refractivity contribution in [2.45, 2.75) is 25.3 Å². The number of allylic oxidation sites excluding steroid dienone is 1. The second-order valence-electron chi connectivity index (χ2n) is 8.67. The first-order chi connectivity index (χ1) is 16.4. The van der Waals surface area contributed by atoms with Gasteiger partial charge in [-0.1, -0.05) is 12.1 Å². The van der Waals surface area contributed by atoms with Gasteiger partial charge in [0.15, 0.2) is 11.5 Å². The molecule has 0 spiro atoms. The zero-order chi connectivity index (χ0) is 24.6. The van der Waals surface area contributed by atoms with Gasteiger partial charge in [0, 0.05) is 30.9 Å². The molecule has 0 N–H and O–H groups in total. The minimum Gasteiger partial charge on any atom is -0.497 e. The molecule has 2 aromatic carbocycles. The van der Waals surface area contributed by atoms with E-state index < -0.39 is 5.97 Å². The van der Waals surface area contributed by atoms with Gasteiger partial charge in [0.1, 0.15) is 18.1 Å². The fourth-order valence-corrected chi connectivity index (χ4v) is 4.68. The quantitative estimate of drug-likeness (QED) is 0.165. The summed E-state index contributed by atoms with van der Waals surface area (Å²) in [7, 11) is 7.25. The molecule has 0 amide bonds. The van der Waals surface area contributed by atoms with Gasteiger partial charge >= 0.3 is 5.97 Å². The highest BCUT2D eigenvalue weighted by molar-refractivity contribution is 5.86. The van der Waals surface area contributed by atoms with Gasteiger partial charge in [-0.05, 0) is 41.5 Å². The van der Waals surface area contributed by atoms with Gasteiger partial charge in [-0.25, -0.2) is 4.79 Å². The van der Waals surface area contributed by atoms with Crippen LogP contribution in [0, 0.1) is 0 Å². The van der Waals surface area contributed by atoms with E-state index in [4.69, 9.17) is 18.9 Å². The Balaban J connectivity index is 1.85. The molecule has 2 unspecified atom stereocenters. The molecule has 0 radical (unpaired) electrons. The lowest BCUT2D eigenvalue weighted by molar-refractivity contribution is -0.941. The maximum atomic E-state index is 11.7. The molecular weight excluding hydrogens is 434 g/mol. The molecule has 1 aliphatic heterocycles. The number of esters is 1. The number of nitrogens with zero attached hydrogens (tertiary/aromatic N) is 1. The Hall–Kier alpha value is -3.32. The van der Waals surface area contributed by atoms with Crippen LogP contribution in [-0.2, 0) is 27.2 Å². The number of benzene rings is 2. The number of carbonyl (C=O) groups excluding carboxylic acids is 2. The molecule has 0 aromatic heterocycles. The van der Waals surface area contributed by atoms with Crippen LogP contribution in [0.25, 0.3) is 0 Å². The van der Waals surface area contributed by atoms with Crippen molar-refractivity contribution >= 4 is 12.3 Å². The molecule has 0 bridgehead atoms. The molecule has 0 aliphatic carbocycles. The third-order valence-corrected chi connectivity index (χ3v) is 6.61. The predicted octanol–water partition coefficient (Wildman–Crippen LogP) is 3.69. The van der Waals surface area contributed by atoms with Crippen LogP contribution >= 0.6 is 0 Å². The molecule has 34 heavy (non-hydrogen) atoms. The van der Waals surface area contributed by atoms with E-state index in [1.807, 2.05) is 12.1 Å². The third-order valence-electron chi connectivity index (χ3n) is 6.61. The lowest BCUT2D eigenvalue weighted by Crippen LogP contribution is -2.52. The summed E-state index contributed by atoms with van der Waals surface area (Å²) in [6.45, 7) is 2.12. The molecule has 0 fully saturated rings. The second-order valence-corrected chi connectivity index (χ2v) is 8.67. The lowest BCUT2D eigenvalue weighted by atomic mass is 9.86. The summed E-state index contributed by atoms with van der Waals surface area (Å²) in [6, 6.07) is 12.6. The van der Waals surface area contributed by atoms with Crippen molar-refractivity contribution in [3.8, 4) is 17.2 Å². The van der Waals surface area contributed by atoms with E-state index in [0.717, 1.165) is 66.2 Å². The van der Waals surface area contributed by atoms with Gasteiger partial charge in [0.2, 0.25) is 0 Å². The van der Waals surface area contributed by atoms with E-state index >= 15 is 0 Å². The van der Waals surface area contributed by atoms with Crippen LogP contribution < -0.4 is 14.2 Å². The number of hydrogen-bond donors (Lipinski definition) is 0. The summed E-state index contributed by atoms with van der Waals surface area (Å²) in [5.41, 5.74) is 3.76. The summed E-state index contributed by atoms with van der Waals surface area (Å²) >= 11 is 0. The summed E-state index contributed by atoms with van der Waals surface area (Å²) < 4.78 is 22.6. The largest absolute Gasteiger partial charge is 0.497 e. The maximum Gasteiger partial charge on any atom is 0.330 e. The molecule has 3 rings (SSSR count). The average molecular weight is 469 g/mol. The monoisotopic (exact) mass is 468 g/mol. The van der Waals surface area contributed by atoms with Crippen molar-refractivity contribution < 1.29 is 33.0 Å². The number of methoxy groups -OCH3 is 3. The number of rotatable bonds is 11. The Bertz CT molecular complexity index is 1020. The van der Waals surface area contributed by atoms with Crippen LogP contribution in [0.4, 0.5) is 0 Å². The standard InChI is InChI=1S/C27H34NO6/c1-28(13-6-16-34-27(30)7-5-15-29)14-12-21-18-25(32-3)26(33-4)19-23(21)24(28)17-20-8-10-22(31-2)11-9-20/h5,7-11,15,18-19,24H,6,12-14,16-17H2,1-4H3/q+1/b7-5-. The number of likely N-dealkylation sites (N-methyl/N-ethyl adjacent to an activating group) is 1. The highest BCUT2D eigenvalue weighted by Crippen LogP contribution is 2.42. The van der Waals surface area contributed by atoms with Gasteiger partial charge in [-0.15, -0.1) is 0 Å². The fraction of sp³-hybridized carbons (Fsp3) is 0.407. The van der Waals surface area contributed by atoms with Crippen LogP contribution in [-0.4, -0.2) is 64.8 Å². The second kappa shape index (κ2) is 11.7. The minimum absolute atomic E-state index is 0.197. The van der Waals surface area contributed by atoms with Crippen molar-refractivity contribution in [2.24, 2.45) is 0 Å². The topological polar surface area (TPSA) is 71.1 Å². The molecule has 2 atom stereocenters. The Morgan fingerprint density at radius 3 is 2.41 bits per heavy atom. The van der Waals surface area contributed by atoms with E-state index in [1.165, 1.54) is 16.7 Å². The molecule has 0 saturated carbocycles. The number of aldehydes is 1. The van der Waals surface area contributed by atoms with Crippen LogP contribution in [0.15, 0.2) is 48.6 Å². The zero-order valence-electron chi connectivity index (χ0n) is 20.4. The van der Waals surface area contributed by atoms with Crippen LogP contribution in [0.5, 0.6) is 17.2 Å². The van der Waals surface area contributed by atoms with E-state index in [9.17, 15) is 9.59 Å². The van der Waals surface area contributed by atoms with Crippen molar-refractivity contribution in [3.63, 3.8) is 0 Å². The van der Waals surface area contributed by atoms with Gasteiger partial charge in [-0.3, -0.25) is 4.79 Å². The lowest BCUT2D eigenvalue weighted by Gasteiger charge is -2.46. The van der Waals surface area contributed by atoms with Crippen LogP contribution in [0.1, 0.15) is 29.2 Å². The maximum absolute atomic E-state index is 11.7. The Morgan fingerprint density at radius 2 is 1.76 bits per heavy atom.